The van der Waals surface area contributed by atoms with Crippen LogP contribution in [0.5, 0.6) is 5.75 Å². The maximum atomic E-state index is 12.6. The maximum Gasteiger partial charge on any atom is 0.148 e. The number of hydrogen-bond donors (Lipinski definition) is 1. The first-order valence-electron chi connectivity index (χ1n) is 24.1. The molecule has 3 aromatic heterocycles. The number of rotatable bonds is 6. The molecule has 7 heteroatoms. The monoisotopic (exact) mass is 1100 g/mol. The van der Waals surface area contributed by atoms with Gasteiger partial charge >= 0.3 is 0 Å². The standard InChI is InChI=1S/C63H61N4O2.Pt/c1-60(2,3)42-28-29-51(48(34-42)38-20-14-13-15-21-38)67-52-26-19-23-45(57(52)66-59(67)49-35-44(62(7,8)9)36-50(58(49)68)63(10,11)12)40-30-41(32-43(31-40)61(4,5)6)55-47-25-18-24-46(56(47)65-37-64-55)54-33-39-22-16-17-27-53(39)69-54;/h13-29,31-37,68H,1-12H3;/q-1;. The molecule has 356 valence electrons. The summed E-state index contributed by atoms with van der Waals surface area (Å²) in [5, 5.41) is 14.6. The van der Waals surface area contributed by atoms with Gasteiger partial charge in [-0.05, 0) is 86.2 Å². The molecule has 0 radical (unpaired) electrons. The number of phenols is 1. The molecule has 0 saturated heterocycles. The third-order valence-corrected chi connectivity index (χ3v) is 13.5. The Morgan fingerprint density at radius 1 is 0.529 bits per heavy atom. The molecule has 10 rings (SSSR count). The summed E-state index contributed by atoms with van der Waals surface area (Å²) < 4.78 is 8.65. The summed E-state index contributed by atoms with van der Waals surface area (Å²) in [5.41, 5.74) is 15.1. The van der Waals surface area contributed by atoms with Crippen molar-refractivity contribution in [2.24, 2.45) is 0 Å². The van der Waals surface area contributed by atoms with E-state index in [4.69, 9.17) is 19.4 Å². The largest absolute Gasteiger partial charge is 0.507 e. The number of aromatic nitrogens is 4. The predicted octanol–water partition coefficient (Wildman–Crippen LogP) is 16.7. The summed E-state index contributed by atoms with van der Waals surface area (Å²) in [6, 6.07) is 52.9. The Kier molecular flexibility index (Phi) is 12.2. The van der Waals surface area contributed by atoms with Gasteiger partial charge in [-0.15, -0.1) is 29.3 Å². The molecule has 7 aromatic carbocycles. The van der Waals surface area contributed by atoms with Crippen LogP contribution < -0.4 is 0 Å². The molecule has 0 aliphatic rings. The van der Waals surface area contributed by atoms with Crippen LogP contribution in [0.4, 0.5) is 0 Å². The molecule has 0 amide bonds. The Bertz CT molecular complexity index is 3580. The normalized spacial score (nSPS) is 12.5. The van der Waals surface area contributed by atoms with Gasteiger partial charge in [0.2, 0.25) is 0 Å². The molecular formula is C63H61N4O2Pt-. The number of fused-ring (bicyclic) bond motifs is 3. The molecule has 0 saturated carbocycles. The van der Waals surface area contributed by atoms with Crippen molar-refractivity contribution < 1.29 is 30.6 Å². The van der Waals surface area contributed by atoms with Crippen molar-refractivity contribution in [3.8, 4) is 67.7 Å². The summed E-state index contributed by atoms with van der Waals surface area (Å²) >= 11 is 0. The molecular weight excluding hydrogens is 1040 g/mol. The molecule has 10 aromatic rings. The van der Waals surface area contributed by atoms with Crippen molar-refractivity contribution in [2.45, 2.75) is 105 Å². The van der Waals surface area contributed by atoms with E-state index in [9.17, 15) is 5.11 Å². The second kappa shape index (κ2) is 17.7. The minimum atomic E-state index is -0.345. The number of phenolic OH excluding ortho intramolecular Hbond substituents is 1. The fourth-order valence-corrected chi connectivity index (χ4v) is 9.49. The third-order valence-electron chi connectivity index (χ3n) is 13.5. The number of hydrogen-bond acceptors (Lipinski definition) is 5. The van der Waals surface area contributed by atoms with E-state index in [-0.39, 0.29) is 48.5 Å². The van der Waals surface area contributed by atoms with Crippen molar-refractivity contribution in [3.05, 3.63) is 174 Å². The predicted molar refractivity (Wildman–Crippen MR) is 286 cm³/mol. The van der Waals surface area contributed by atoms with E-state index in [1.165, 1.54) is 5.56 Å². The van der Waals surface area contributed by atoms with Crippen LogP contribution in [0, 0.1) is 6.07 Å². The fraction of sp³-hybridized carbons (Fsp3) is 0.254. The molecule has 0 fully saturated rings. The molecule has 70 heavy (non-hydrogen) atoms. The summed E-state index contributed by atoms with van der Waals surface area (Å²) in [5.74, 6) is 1.66. The summed E-state index contributed by atoms with van der Waals surface area (Å²) in [4.78, 5) is 15.5. The first-order valence-corrected chi connectivity index (χ1v) is 24.1. The van der Waals surface area contributed by atoms with E-state index >= 15 is 0 Å². The fourth-order valence-electron chi connectivity index (χ4n) is 9.49. The minimum absolute atomic E-state index is 0. The van der Waals surface area contributed by atoms with Gasteiger partial charge < -0.3 is 9.52 Å². The van der Waals surface area contributed by atoms with Crippen LogP contribution in [0.15, 0.2) is 150 Å². The Morgan fingerprint density at radius 3 is 1.87 bits per heavy atom. The van der Waals surface area contributed by atoms with Crippen molar-refractivity contribution in [1.82, 2.24) is 19.5 Å². The Balaban J connectivity index is 0.00000608. The Morgan fingerprint density at radius 2 is 1.17 bits per heavy atom. The number of benzene rings is 7. The smallest absolute Gasteiger partial charge is 0.148 e. The van der Waals surface area contributed by atoms with Crippen molar-refractivity contribution in [2.75, 3.05) is 0 Å². The van der Waals surface area contributed by atoms with Gasteiger partial charge in [-0.3, -0.25) is 9.55 Å². The number of imidazole rings is 1. The van der Waals surface area contributed by atoms with E-state index in [0.717, 1.165) is 100 Å². The van der Waals surface area contributed by atoms with E-state index in [0.29, 0.717) is 11.4 Å². The minimum Gasteiger partial charge on any atom is -0.507 e. The van der Waals surface area contributed by atoms with Gasteiger partial charge in [0.1, 0.15) is 29.2 Å². The molecule has 0 aliphatic heterocycles. The van der Waals surface area contributed by atoms with E-state index < -0.39 is 0 Å². The van der Waals surface area contributed by atoms with Crippen LogP contribution in [-0.2, 0) is 42.7 Å². The van der Waals surface area contributed by atoms with Gasteiger partial charge in [0, 0.05) is 48.8 Å². The number of para-hydroxylation sites is 3. The average Bonchev–Trinajstić information content (AvgIpc) is 3.92. The molecule has 0 unspecified atom stereocenters. The summed E-state index contributed by atoms with van der Waals surface area (Å²) in [6.07, 6.45) is 1.65. The summed E-state index contributed by atoms with van der Waals surface area (Å²) in [6.45, 7) is 26.7. The average molecular weight is 1100 g/mol. The van der Waals surface area contributed by atoms with Crippen LogP contribution in [0.2, 0.25) is 0 Å². The van der Waals surface area contributed by atoms with Crippen LogP contribution >= 0.6 is 0 Å². The number of nitrogens with zero attached hydrogens (tertiary/aromatic N) is 4. The zero-order valence-corrected chi connectivity index (χ0v) is 44.6. The topological polar surface area (TPSA) is 77.0 Å². The van der Waals surface area contributed by atoms with Crippen molar-refractivity contribution in [3.63, 3.8) is 0 Å². The van der Waals surface area contributed by atoms with E-state index in [1.807, 2.05) is 24.3 Å². The van der Waals surface area contributed by atoms with Gasteiger partial charge in [-0.1, -0.05) is 179 Å². The number of furan rings is 1. The van der Waals surface area contributed by atoms with Crippen LogP contribution in [0.3, 0.4) is 0 Å². The molecule has 0 spiro atoms. The van der Waals surface area contributed by atoms with Gasteiger partial charge in [0.15, 0.2) is 0 Å². The van der Waals surface area contributed by atoms with E-state index in [2.05, 4.69) is 209 Å². The maximum absolute atomic E-state index is 12.6. The second-order valence-corrected chi connectivity index (χ2v) is 22.7. The Labute approximate surface area is 427 Å². The zero-order chi connectivity index (χ0) is 48.8. The molecule has 6 nitrogen and oxygen atoms in total. The van der Waals surface area contributed by atoms with Crippen LogP contribution in [0.1, 0.15) is 105 Å². The molecule has 0 bridgehead atoms. The van der Waals surface area contributed by atoms with Gasteiger partial charge in [0.25, 0.3) is 0 Å². The first-order chi connectivity index (χ1) is 32.6. The van der Waals surface area contributed by atoms with Crippen LogP contribution in [0.25, 0.3) is 94.8 Å². The molecule has 3 heterocycles. The van der Waals surface area contributed by atoms with E-state index in [1.54, 1.807) is 6.33 Å². The van der Waals surface area contributed by atoms with Crippen molar-refractivity contribution >= 4 is 32.9 Å². The van der Waals surface area contributed by atoms with Gasteiger partial charge in [-0.2, -0.15) is 0 Å². The second-order valence-electron chi connectivity index (χ2n) is 22.7. The first kappa shape index (κ1) is 48.4. The Hall–Kier alpha value is -6.62. The van der Waals surface area contributed by atoms with Crippen molar-refractivity contribution in [1.29, 1.82) is 0 Å². The zero-order valence-electron chi connectivity index (χ0n) is 42.3. The third kappa shape index (κ3) is 8.81. The number of aromatic hydroxyl groups is 1. The van der Waals surface area contributed by atoms with Gasteiger partial charge in [-0.25, -0.2) is 9.97 Å². The molecule has 0 aliphatic carbocycles. The van der Waals surface area contributed by atoms with Crippen LogP contribution in [-0.4, -0.2) is 24.6 Å². The van der Waals surface area contributed by atoms with Gasteiger partial charge in [0.05, 0.1) is 27.8 Å². The molecule has 0 atom stereocenters. The molecule has 1 N–H and O–H groups in total. The SMILES string of the molecule is CC(C)(C)c1cc(-c2ncnc3c(-c4cc5ccccc5o4)cccc23)[c-]c(-c2cccc3c2nc(-c2cc(C(C)(C)C)cc(C(C)(C)C)c2O)n3-c2ccc(C(C)(C)C)cc2-c2ccccc2)c1.[Pt]. The summed E-state index contributed by atoms with van der Waals surface area (Å²) in [7, 11) is 0. The quantitative estimate of drug-likeness (QED) is 0.168.